The summed E-state index contributed by atoms with van der Waals surface area (Å²) in [5.74, 6) is 1.95. The van der Waals surface area contributed by atoms with Gasteiger partial charge < -0.3 is 19.9 Å². The molecule has 0 bridgehead atoms. The fraction of sp³-hybridized carbons (Fsp3) is 0.647. The lowest BCUT2D eigenvalue weighted by atomic mass is 9.86. The first-order chi connectivity index (χ1) is 10.2. The van der Waals surface area contributed by atoms with Gasteiger partial charge in [0.1, 0.15) is 0 Å². The van der Waals surface area contributed by atoms with E-state index in [9.17, 15) is 5.11 Å². The average Bonchev–Trinajstić information content (AvgIpc) is 2.50. The molecule has 0 saturated heterocycles. The van der Waals surface area contributed by atoms with Gasteiger partial charge in [-0.2, -0.15) is 0 Å². The minimum Gasteiger partial charge on any atom is -0.493 e. The van der Waals surface area contributed by atoms with Crippen molar-refractivity contribution in [3.8, 4) is 11.5 Å². The van der Waals surface area contributed by atoms with Gasteiger partial charge in [0, 0.05) is 13.1 Å². The molecule has 1 fully saturated rings. The Morgan fingerprint density at radius 2 is 2.05 bits per heavy atom. The SMILES string of the molecule is CCOc1cc(CNCC2CCCCC2O)ccc1OC. The van der Waals surface area contributed by atoms with Crippen molar-refractivity contribution in [2.24, 2.45) is 5.92 Å². The minimum atomic E-state index is -0.138. The van der Waals surface area contributed by atoms with Crippen molar-refractivity contribution in [2.45, 2.75) is 45.3 Å². The lowest BCUT2D eigenvalue weighted by molar-refractivity contribution is 0.0695. The maximum absolute atomic E-state index is 9.97. The fourth-order valence-electron chi connectivity index (χ4n) is 2.93. The van der Waals surface area contributed by atoms with Gasteiger partial charge in [-0.05, 0) is 43.4 Å². The van der Waals surface area contributed by atoms with E-state index < -0.39 is 0 Å². The molecule has 0 heterocycles. The first-order valence-electron chi connectivity index (χ1n) is 7.93. The lowest BCUT2D eigenvalue weighted by Gasteiger charge is -2.27. The van der Waals surface area contributed by atoms with Gasteiger partial charge in [-0.25, -0.2) is 0 Å². The molecule has 4 nitrogen and oxygen atoms in total. The molecule has 4 heteroatoms. The van der Waals surface area contributed by atoms with Gasteiger partial charge in [0.25, 0.3) is 0 Å². The summed E-state index contributed by atoms with van der Waals surface area (Å²) >= 11 is 0. The molecule has 0 aliphatic heterocycles. The zero-order valence-electron chi connectivity index (χ0n) is 13.1. The van der Waals surface area contributed by atoms with Gasteiger partial charge in [0.05, 0.1) is 19.8 Å². The standard InChI is InChI=1S/C17H27NO3/c1-3-21-17-10-13(8-9-16(17)20-2)11-18-12-14-6-4-5-7-15(14)19/h8-10,14-15,18-19H,3-7,11-12H2,1-2H3. The number of ether oxygens (including phenoxy) is 2. The number of hydrogen-bond acceptors (Lipinski definition) is 4. The van der Waals surface area contributed by atoms with Crippen LogP contribution in [0.2, 0.25) is 0 Å². The number of nitrogens with one attached hydrogen (secondary N) is 1. The summed E-state index contributed by atoms with van der Waals surface area (Å²) in [6, 6.07) is 6.01. The largest absolute Gasteiger partial charge is 0.493 e. The van der Waals surface area contributed by atoms with Crippen LogP contribution in [0.1, 0.15) is 38.2 Å². The Bertz CT molecular complexity index is 436. The molecule has 0 amide bonds. The third-order valence-corrected chi connectivity index (χ3v) is 4.13. The van der Waals surface area contributed by atoms with E-state index in [4.69, 9.17) is 9.47 Å². The molecule has 2 rings (SSSR count). The van der Waals surface area contributed by atoms with Crippen LogP contribution in [-0.4, -0.2) is 31.5 Å². The molecule has 118 valence electrons. The number of aliphatic hydroxyl groups excluding tert-OH is 1. The van der Waals surface area contributed by atoms with Gasteiger partial charge in [0.15, 0.2) is 11.5 Å². The third kappa shape index (κ3) is 4.61. The molecule has 1 aliphatic carbocycles. The highest BCUT2D eigenvalue weighted by Gasteiger charge is 2.22. The zero-order valence-corrected chi connectivity index (χ0v) is 13.1. The molecule has 21 heavy (non-hydrogen) atoms. The molecule has 1 saturated carbocycles. The fourth-order valence-corrected chi connectivity index (χ4v) is 2.93. The number of hydrogen-bond donors (Lipinski definition) is 2. The summed E-state index contributed by atoms with van der Waals surface area (Å²) in [6.45, 7) is 4.25. The monoisotopic (exact) mass is 293 g/mol. The van der Waals surface area contributed by atoms with Crippen LogP contribution < -0.4 is 14.8 Å². The molecule has 1 aromatic carbocycles. The predicted octanol–water partition coefficient (Wildman–Crippen LogP) is 2.73. The van der Waals surface area contributed by atoms with Crippen molar-refractivity contribution in [2.75, 3.05) is 20.3 Å². The summed E-state index contributed by atoms with van der Waals surface area (Å²) in [6.07, 6.45) is 4.33. The van der Waals surface area contributed by atoms with Gasteiger partial charge >= 0.3 is 0 Å². The minimum absolute atomic E-state index is 0.138. The van der Waals surface area contributed by atoms with E-state index in [1.807, 2.05) is 25.1 Å². The van der Waals surface area contributed by atoms with E-state index in [1.54, 1.807) is 7.11 Å². The van der Waals surface area contributed by atoms with E-state index in [0.717, 1.165) is 43.9 Å². The molecule has 2 unspecified atom stereocenters. The maximum Gasteiger partial charge on any atom is 0.161 e. The van der Waals surface area contributed by atoms with Crippen molar-refractivity contribution in [1.29, 1.82) is 0 Å². The molecule has 2 N–H and O–H groups in total. The summed E-state index contributed by atoms with van der Waals surface area (Å²) in [7, 11) is 1.65. The first kappa shape index (κ1) is 16.1. The topological polar surface area (TPSA) is 50.7 Å². The second-order valence-corrected chi connectivity index (χ2v) is 5.66. The highest BCUT2D eigenvalue weighted by molar-refractivity contribution is 5.42. The first-order valence-corrected chi connectivity index (χ1v) is 7.93. The van der Waals surface area contributed by atoms with E-state index in [2.05, 4.69) is 5.32 Å². The number of aliphatic hydroxyl groups is 1. The Morgan fingerprint density at radius 1 is 1.24 bits per heavy atom. The molecule has 2 atom stereocenters. The highest BCUT2D eigenvalue weighted by Crippen LogP contribution is 2.28. The van der Waals surface area contributed by atoms with Crippen LogP contribution in [0.3, 0.4) is 0 Å². The van der Waals surface area contributed by atoms with Crippen LogP contribution in [0.5, 0.6) is 11.5 Å². The predicted molar refractivity (Wildman–Crippen MR) is 83.8 cm³/mol. The van der Waals surface area contributed by atoms with E-state index >= 15 is 0 Å². The smallest absolute Gasteiger partial charge is 0.161 e. The van der Waals surface area contributed by atoms with Crippen LogP contribution in [-0.2, 0) is 6.54 Å². The van der Waals surface area contributed by atoms with Crippen LogP contribution in [0, 0.1) is 5.92 Å². The van der Waals surface area contributed by atoms with E-state index in [-0.39, 0.29) is 6.10 Å². The summed E-state index contributed by atoms with van der Waals surface area (Å²) in [4.78, 5) is 0. The Labute approximate surface area is 127 Å². The quantitative estimate of drug-likeness (QED) is 0.811. The third-order valence-electron chi connectivity index (χ3n) is 4.13. The van der Waals surface area contributed by atoms with Crippen molar-refractivity contribution >= 4 is 0 Å². The number of methoxy groups -OCH3 is 1. The van der Waals surface area contributed by atoms with Crippen LogP contribution >= 0.6 is 0 Å². The normalized spacial score (nSPS) is 22.0. The van der Waals surface area contributed by atoms with Crippen LogP contribution in [0.15, 0.2) is 18.2 Å². The maximum atomic E-state index is 9.97. The summed E-state index contributed by atoms with van der Waals surface area (Å²) in [5, 5.41) is 13.4. The van der Waals surface area contributed by atoms with Crippen molar-refractivity contribution in [3.05, 3.63) is 23.8 Å². The Hall–Kier alpha value is -1.26. The second-order valence-electron chi connectivity index (χ2n) is 5.66. The Balaban J connectivity index is 1.86. The number of benzene rings is 1. The molecule has 0 aromatic heterocycles. The van der Waals surface area contributed by atoms with Gasteiger partial charge in [-0.15, -0.1) is 0 Å². The van der Waals surface area contributed by atoms with E-state index in [0.29, 0.717) is 12.5 Å². The molecule has 0 radical (unpaired) electrons. The van der Waals surface area contributed by atoms with Gasteiger partial charge in [-0.1, -0.05) is 18.9 Å². The summed E-state index contributed by atoms with van der Waals surface area (Å²) in [5.41, 5.74) is 1.17. The van der Waals surface area contributed by atoms with Gasteiger partial charge in [0.2, 0.25) is 0 Å². The Morgan fingerprint density at radius 3 is 2.76 bits per heavy atom. The molecular formula is C17H27NO3. The van der Waals surface area contributed by atoms with E-state index in [1.165, 1.54) is 12.0 Å². The average molecular weight is 293 g/mol. The molecule has 1 aromatic rings. The zero-order chi connectivity index (χ0) is 15.1. The van der Waals surface area contributed by atoms with Crippen molar-refractivity contribution in [3.63, 3.8) is 0 Å². The highest BCUT2D eigenvalue weighted by atomic mass is 16.5. The van der Waals surface area contributed by atoms with Gasteiger partial charge in [-0.3, -0.25) is 0 Å². The molecule has 1 aliphatic rings. The number of rotatable bonds is 7. The Kier molecular flexibility index (Phi) is 6.33. The molecule has 0 spiro atoms. The van der Waals surface area contributed by atoms with Crippen molar-refractivity contribution < 1.29 is 14.6 Å². The summed E-state index contributed by atoms with van der Waals surface area (Å²) < 4.78 is 10.9. The van der Waals surface area contributed by atoms with Crippen molar-refractivity contribution in [1.82, 2.24) is 5.32 Å². The van der Waals surface area contributed by atoms with Crippen LogP contribution in [0.4, 0.5) is 0 Å². The van der Waals surface area contributed by atoms with Crippen LogP contribution in [0.25, 0.3) is 0 Å². The lowest BCUT2D eigenvalue weighted by Crippen LogP contribution is -2.33. The second kappa shape index (κ2) is 8.25. The molecular weight excluding hydrogens is 266 g/mol.